The SMILES string of the molecule is COc1ccc2c(c1)C(C)(C)/C(=C\C=C1/CCC(/C=C/C3=[N+](CCCCO)c4ccc(CO)cc4C3(C)C)=C1S(=O)(=O)c1ccccc1)N2CCCCO. The Morgan fingerprint density at radius 3 is 2.26 bits per heavy atom. The number of hydrogen-bond acceptors (Lipinski definition) is 7. The van der Waals surface area contributed by atoms with Gasteiger partial charge in [-0.1, -0.05) is 50.3 Å². The minimum atomic E-state index is -3.88. The highest BCUT2D eigenvalue weighted by Gasteiger charge is 2.45. The number of fused-ring (bicyclic) bond motifs is 2. The maximum atomic E-state index is 14.6. The summed E-state index contributed by atoms with van der Waals surface area (Å²) in [6.45, 7) is 10.4. The van der Waals surface area contributed by atoms with Crippen molar-refractivity contribution in [3.05, 3.63) is 129 Å². The Morgan fingerprint density at radius 2 is 1.56 bits per heavy atom. The van der Waals surface area contributed by atoms with Crippen molar-refractivity contribution in [2.75, 3.05) is 38.3 Å². The van der Waals surface area contributed by atoms with Gasteiger partial charge in [0.05, 0.1) is 28.9 Å². The summed E-state index contributed by atoms with van der Waals surface area (Å²) in [4.78, 5) is 2.92. The van der Waals surface area contributed by atoms with Gasteiger partial charge in [0.1, 0.15) is 12.3 Å². The molecule has 0 saturated heterocycles. The first-order valence-electron chi connectivity index (χ1n) is 19.1. The molecular weight excluding hydrogens is 697 g/mol. The molecule has 2 heterocycles. The van der Waals surface area contributed by atoms with Gasteiger partial charge >= 0.3 is 0 Å². The van der Waals surface area contributed by atoms with Gasteiger partial charge in [-0.15, -0.1) is 0 Å². The smallest absolute Gasteiger partial charge is 0.209 e. The van der Waals surface area contributed by atoms with Crippen molar-refractivity contribution in [1.82, 2.24) is 0 Å². The number of aliphatic hydroxyl groups is 3. The van der Waals surface area contributed by atoms with Crippen LogP contribution >= 0.6 is 0 Å². The van der Waals surface area contributed by atoms with Crippen LogP contribution < -0.4 is 9.64 Å². The van der Waals surface area contributed by atoms with Crippen LogP contribution in [0.15, 0.2) is 118 Å². The van der Waals surface area contributed by atoms with E-state index in [0.29, 0.717) is 37.1 Å². The molecule has 0 saturated carbocycles. The van der Waals surface area contributed by atoms with Gasteiger partial charge in [-0.2, -0.15) is 4.58 Å². The number of anilines is 1. The molecule has 0 unspecified atom stereocenters. The fourth-order valence-corrected chi connectivity index (χ4v) is 10.1. The van der Waals surface area contributed by atoms with Crippen LogP contribution in [0.25, 0.3) is 0 Å². The lowest BCUT2D eigenvalue weighted by molar-refractivity contribution is -0.438. The lowest BCUT2D eigenvalue weighted by Crippen LogP contribution is -2.28. The molecule has 3 aliphatic rings. The molecule has 0 spiro atoms. The molecule has 3 aromatic rings. The predicted molar refractivity (Wildman–Crippen MR) is 216 cm³/mol. The number of allylic oxidation sites excluding steroid dienone is 7. The molecule has 2 aliphatic heterocycles. The van der Waals surface area contributed by atoms with Crippen LogP contribution in [-0.4, -0.2) is 67.4 Å². The van der Waals surface area contributed by atoms with Gasteiger partial charge < -0.3 is 25.0 Å². The van der Waals surface area contributed by atoms with Crippen molar-refractivity contribution in [2.24, 2.45) is 0 Å². The Hall–Kier alpha value is -4.28. The quantitative estimate of drug-likeness (QED) is 0.107. The predicted octanol–water partition coefficient (Wildman–Crippen LogP) is 7.79. The van der Waals surface area contributed by atoms with Crippen LogP contribution in [0.3, 0.4) is 0 Å². The third-order valence-electron chi connectivity index (χ3n) is 11.3. The Morgan fingerprint density at radius 1 is 0.815 bits per heavy atom. The van der Waals surface area contributed by atoms with E-state index in [0.717, 1.165) is 75.8 Å². The number of sulfone groups is 1. The number of hydrogen-bond donors (Lipinski definition) is 3. The van der Waals surface area contributed by atoms with E-state index < -0.39 is 15.3 Å². The summed E-state index contributed by atoms with van der Waals surface area (Å²) in [6.07, 6.45) is 12.3. The highest BCUT2D eigenvalue weighted by atomic mass is 32.2. The Bertz CT molecular complexity index is 2140. The molecule has 6 rings (SSSR count). The normalized spacial score (nSPS) is 19.1. The number of benzene rings is 3. The molecule has 0 atom stereocenters. The number of rotatable bonds is 15. The first-order chi connectivity index (χ1) is 25.9. The van der Waals surface area contributed by atoms with E-state index in [2.05, 4.69) is 73.6 Å². The van der Waals surface area contributed by atoms with Gasteiger partial charge in [0.25, 0.3) is 0 Å². The highest BCUT2D eigenvalue weighted by molar-refractivity contribution is 7.95. The van der Waals surface area contributed by atoms with Crippen molar-refractivity contribution in [1.29, 1.82) is 0 Å². The van der Waals surface area contributed by atoms with Crippen molar-refractivity contribution in [3.8, 4) is 5.75 Å². The van der Waals surface area contributed by atoms with E-state index >= 15 is 0 Å². The second-order valence-electron chi connectivity index (χ2n) is 15.4. The molecule has 0 fully saturated rings. The van der Waals surface area contributed by atoms with Crippen LogP contribution in [-0.2, 0) is 27.3 Å². The first kappa shape index (κ1) is 39.4. The number of aliphatic hydroxyl groups excluding tert-OH is 3. The van der Waals surface area contributed by atoms with Crippen LogP contribution in [0.2, 0.25) is 0 Å². The van der Waals surface area contributed by atoms with Gasteiger partial charge in [-0.3, -0.25) is 0 Å². The van der Waals surface area contributed by atoms with Gasteiger partial charge in [-0.25, -0.2) is 8.42 Å². The Balaban J connectivity index is 1.47. The molecule has 0 bridgehead atoms. The molecule has 0 radical (unpaired) electrons. The van der Waals surface area contributed by atoms with E-state index in [9.17, 15) is 23.7 Å². The largest absolute Gasteiger partial charge is 0.497 e. The van der Waals surface area contributed by atoms with Crippen molar-refractivity contribution in [2.45, 2.75) is 88.6 Å². The second-order valence-corrected chi connectivity index (χ2v) is 17.3. The number of unbranched alkanes of at least 4 members (excludes halogenated alkanes) is 2. The molecule has 286 valence electrons. The highest BCUT2D eigenvalue weighted by Crippen LogP contribution is 2.50. The lowest BCUT2D eigenvalue weighted by Gasteiger charge is -2.27. The number of ether oxygens (including phenoxy) is 1. The summed E-state index contributed by atoms with van der Waals surface area (Å²) in [5.41, 5.74) is 8.16. The number of methoxy groups -OCH3 is 1. The average molecular weight is 752 g/mol. The Labute approximate surface area is 321 Å². The first-order valence-corrected chi connectivity index (χ1v) is 20.6. The minimum absolute atomic E-state index is 0.0458. The zero-order chi connectivity index (χ0) is 38.7. The Kier molecular flexibility index (Phi) is 11.8. The van der Waals surface area contributed by atoms with Crippen LogP contribution in [0.4, 0.5) is 11.4 Å². The van der Waals surface area contributed by atoms with Crippen molar-refractivity contribution in [3.63, 3.8) is 0 Å². The molecule has 9 heteroatoms. The van der Waals surface area contributed by atoms with E-state index in [1.165, 1.54) is 0 Å². The van der Waals surface area contributed by atoms with E-state index in [4.69, 9.17) is 4.74 Å². The van der Waals surface area contributed by atoms with Gasteiger partial charge in [0.2, 0.25) is 15.5 Å². The maximum absolute atomic E-state index is 14.6. The zero-order valence-corrected chi connectivity index (χ0v) is 33.1. The third kappa shape index (κ3) is 7.39. The molecule has 8 nitrogen and oxygen atoms in total. The van der Waals surface area contributed by atoms with E-state index in [1.54, 1.807) is 31.4 Å². The van der Waals surface area contributed by atoms with Gasteiger partial charge in [-0.05, 0) is 111 Å². The summed E-state index contributed by atoms with van der Waals surface area (Å²) in [6, 6.07) is 20.9. The zero-order valence-electron chi connectivity index (χ0n) is 32.3. The topological polar surface area (TPSA) is 110 Å². The monoisotopic (exact) mass is 751 g/mol. The van der Waals surface area contributed by atoms with Gasteiger partial charge in [0.15, 0.2) is 5.71 Å². The summed E-state index contributed by atoms with van der Waals surface area (Å²) < 4.78 is 37.1. The summed E-state index contributed by atoms with van der Waals surface area (Å²) >= 11 is 0. The van der Waals surface area contributed by atoms with E-state index in [1.807, 2.05) is 30.4 Å². The second kappa shape index (κ2) is 16.2. The van der Waals surface area contributed by atoms with Crippen LogP contribution in [0.5, 0.6) is 5.75 Å². The molecular formula is C45H55N2O6S+. The molecule has 1 aliphatic carbocycles. The summed E-state index contributed by atoms with van der Waals surface area (Å²) in [5, 5.41) is 29.1. The fraction of sp³-hybridized carbons (Fsp3) is 0.400. The van der Waals surface area contributed by atoms with Crippen molar-refractivity contribution >= 4 is 26.9 Å². The summed E-state index contributed by atoms with van der Waals surface area (Å²) in [7, 11) is -2.21. The van der Waals surface area contributed by atoms with Crippen molar-refractivity contribution < 1.29 is 33.0 Å². The summed E-state index contributed by atoms with van der Waals surface area (Å²) in [5.74, 6) is 0.787. The number of nitrogens with zero attached hydrogens (tertiary/aromatic N) is 2. The molecule has 54 heavy (non-hydrogen) atoms. The lowest BCUT2D eigenvalue weighted by atomic mass is 9.80. The van der Waals surface area contributed by atoms with Crippen LogP contribution in [0.1, 0.15) is 82.9 Å². The van der Waals surface area contributed by atoms with Gasteiger partial charge in [0, 0.05) is 60.7 Å². The molecule has 0 amide bonds. The van der Waals surface area contributed by atoms with Crippen LogP contribution in [0, 0.1) is 0 Å². The molecule has 3 N–H and O–H groups in total. The van der Waals surface area contributed by atoms with E-state index in [-0.39, 0.29) is 30.1 Å². The maximum Gasteiger partial charge on any atom is 0.209 e. The average Bonchev–Trinajstić information content (AvgIpc) is 3.75. The standard InChI is InChI=1S/C45H55N2O6S/c1-44(2)37-29-32(31-50)15-21-39(37)46(25-9-11-27-48)41(44)23-18-33-16-17-34(43(33)54(51,52)36-13-7-6-8-14-36)19-24-42-45(3,4)38-30-35(53-5)20-22-40(38)47(42)26-10-12-28-49/h6-8,13-15,18-24,29-30,48-50H,9-12,16-17,25-28,31H2,1-5H3/q+1. The molecule has 3 aromatic carbocycles. The fourth-order valence-electron chi connectivity index (χ4n) is 8.29. The third-order valence-corrected chi connectivity index (χ3v) is 13.2. The molecule has 0 aromatic heterocycles. The minimum Gasteiger partial charge on any atom is -0.497 e.